The van der Waals surface area contributed by atoms with Gasteiger partial charge in [0.2, 0.25) is 0 Å². The van der Waals surface area contributed by atoms with Crippen molar-refractivity contribution in [3.63, 3.8) is 0 Å². The van der Waals surface area contributed by atoms with Crippen LogP contribution in [-0.2, 0) is 13.0 Å². The molecule has 92 valence electrons. The molecule has 0 aliphatic rings. The Labute approximate surface area is 103 Å². The molecule has 1 rings (SSSR count). The topological polar surface area (TPSA) is 24.1 Å². The summed E-state index contributed by atoms with van der Waals surface area (Å²) in [6, 6.07) is 2.84. The van der Waals surface area contributed by atoms with Crippen molar-refractivity contribution in [1.82, 2.24) is 10.6 Å². The molecule has 0 aromatic carbocycles. The lowest BCUT2D eigenvalue weighted by molar-refractivity contribution is 0.548. The Balaban J connectivity index is 2.07. The summed E-state index contributed by atoms with van der Waals surface area (Å²) in [5.41, 5.74) is 1.50. The second-order valence-electron chi connectivity index (χ2n) is 4.36. The minimum Gasteiger partial charge on any atom is -0.314 e. The van der Waals surface area contributed by atoms with Crippen LogP contribution in [-0.4, -0.2) is 19.1 Å². The van der Waals surface area contributed by atoms with E-state index in [2.05, 4.69) is 42.9 Å². The monoisotopic (exact) mass is 240 g/mol. The molecule has 1 aromatic heterocycles. The number of aryl methyl sites for hydroxylation is 1. The third-order valence-corrected chi connectivity index (χ3v) is 3.55. The highest BCUT2D eigenvalue weighted by atomic mass is 32.1. The first-order chi connectivity index (χ1) is 7.74. The van der Waals surface area contributed by atoms with Gasteiger partial charge in [0.15, 0.2) is 0 Å². The summed E-state index contributed by atoms with van der Waals surface area (Å²) >= 11 is 1.86. The molecule has 16 heavy (non-hydrogen) atoms. The van der Waals surface area contributed by atoms with Crippen LogP contribution < -0.4 is 10.6 Å². The summed E-state index contributed by atoms with van der Waals surface area (Å²) in [7, 11) is 0. The molecule has 0 saturated heterocycles. The molecule has 2 N–H and O–H groups in total. The van der Waals surface area contributed by atoms with Crippen LogP contribution in [0.1, 0.15) is 37.6 Å². The Morgan fingerprint density at radius 1 is 1.31 bits per heavy atom. The Kier molecular flexibility index (Phi) is 6.69. The van der Waals surface area contributed by atoms with E-state index in [0.717, 1.165) is 26.1 Å². The predicted octanol–water partition coefficient (Wildman–Crippen LogP) is 2.79. The second kappa shape index (κ2) is 7.82. The zero-order valence-electron chi connectivity index (χ0n) is 10.7. The summed E-state index contributed by atoms with van der Waals surface area (Å²) in [6.45, 7) is 9.83. The molecule has 0 aliphatic carbocycles. The molecule has 1 aromatic rings. The molecular weight excluding hydrogens is 216 g/mol. The van der Waals surface area contributed by atoms with Gasteiger partial charge in [0.1, 0.15) is 0 Å². The van der Waals surface area contributed by atoms with Crippen LogP contribution in [0.25, 0.3) is 0 Å². The minimum atomic E-state index is 0.601. The highest BCUT2D eigenvalue weighted by Gasteiger charge is 2.01. The van der Waals surface area contributed by atoms with Crippen LogP contribution in [0.3, 0.4) is 0 Å². The molecule has 0 spiro atoms. The maximum absolute atomic E-state index is 3.51. The van der Waals surface area contributed by atoms with Crippen LogP contribution in [0.4, 0.5) is 0 Å². The Morgan fingerprint density at radius 3 is 2.81 bits per heavy atom. The molecule has 2 nitrogen and oxygen atoms in total. The first-order valence-electron chi connectivity index (χ1n) is 6.23. The predicted molar refractivity (Wildman–Crippen MR) is 73.2 cm³/mol. The van der Waals surface area contributed by atoms with Gasteiger partial charge in [-0.05, 0) is 42.9 Å². The number of rotatable bonds is 8. The summed E-state index contributed by atoms with van der Waals surface area (Å²) in [5.74, 6) is 0. The quantitative estimate of drug-likeness (QED) is 0.683. The van der Waals surface area contributed by atoms with E-state index in [1.807, 2.05) is 11.3 Å². The molecule has 0 amide bonds. The number of hydrogen-bond acceptors (Lipinski definition) is 3. The van der Waals surface area contributed by atoms with Gasteiger partial charge in [-0.2, -0.15) is 0 Å². The molecule has 0 fully saturated rings. The SMILES string of the molecule is CCc1ccsc1CNCCCNC(C)C. The van der Waals surface area contributed by atoms with Gasteiger partial charge in [0.05, 0.1) is 0 Å². The lowest BCUT2D eigenvalue weighted by Crippen LogP contribution is -2.26. The number of nitrogens with one attached hydrogen (secondary N) is 2. The zero-order chi connectivity index (χ0) is 11.8. The zero-order valence-corrected chi connectivity index (χ0v) is 11.5. The lowest BCUT2D eigenvalue weighted by atomic mass is 10.2. The van der Waals surface area contributed by atoms with E-state index < -0.39 is 0 Å². The average Bonchev–Trinajstić information content (AvgIpc) is 2.70. The fraction of sp³-hybridized carbons (Fsp3) is 0.692. The van der Waals surface area contributed by atoms with E-state index in [9.17, 15) is 0 Å². The largest absolute Gasteiger partial charge is 0.314 e. The average molecular weight is 240 g/mol. The second-order valence-corrected chi connectivity index (χ2v) is 5.36. The Bertz CT molecular complexity index is 281. The minimum absolute atomic E-state index is 0.601. The van der Waals surface area contributed by atoms with Crippen molar-refractivity contribution in [2.45, 2.75) is 46.2 Å². The van der Waals surface area contributed by atoms with Gasteiger partial charge < -0.3 is 10.6 Å². The van der Waals surface area contributed by atoms with Crippen LogP contribution in [0, 0.1) is 0 Å². The summed E-state index contributed by atoms with van der Waals surface area (Å²) in [5, 5.41) is 9.12. The summed E-state index contributed by atoms with van der Waals surface area (Å²) in [6.07, 6.45) is 2.35. The van der Waals surface area contributed by atoms with E-state index in [4.69, 9.17) is 0 Å². The van der Waals surface area contributed by atoms with E-state index in [-0.39, 0.29) is 0 Å². The molecular formula is C13H24N2S. The van der Waals surface area contributed by atoms with Gasteiger partial charge in [-0.25, -0.2) is 0 Å². The van der Waals surface area contributed by atoms with E-state index >= 15 is 0 Å². The van der Waals surface area contributed by atoms with Gasteiger partial charge in [0.25, 0.3) is 0 Å². The van der Waals surface area contributed by atoms with Crippen LogP contribution in [0.2, 0.25) is 0 Å². The third kappa shape index (κ3) is 5.10. The van der Waals surface area contributed by atoms with Gasteiger partial charge >= 0.3 is 0 Å². The highest BCUT2D eigenvalue weighted by molar-refractivity contribution is 7.10. The highest BCUT2D eigenvalue weighted by Crippen LogP contribution is 2.16. The third-order valence-electron chi connectivity index (χ3n) is 2.59. The van der Waals surface area contributed by atoms with E-state index in [0.29, 0.717) is 6.04 Å². The fourth-order valence-corrected chi connectivity index (χ4v) is 2.59. The van der Waals surface area contributed by atoms with E-state index in [1.54, 1.807) is 0 Å². The van der Waals surface area contributed by atoms with Crippen molar-refractivity contribution < 1.29 is 0 Å². The van der Waals surface area contributed by atoms with Crippen molar-refractivity contribution in [2.24, 2.45) is 0 Å². The van der Waals surface area contributed by atoms with Gasteiger partial charge in [-0.15, -0.1) is 11.3 Å². The molecule has 3 heteroatoms. The van der Waals surface area contributed by atoms with Crippen LogP contribution in [0.5, 0.6) is 0 Å². The maximum atomic E-state index is 3.51. The van der Waals surface area contributed by atoms with Crippen molar-refractivity contribution in [1.29, 1.82) is 0 Å². The standard InChI is InChI=1S/C13H24N2S/c1-4-12-6-9-16-13(12)10-14-7-5-8-15-11(2)3/h6,9,11,14-15H,4-5,7-8,10H2,1-3H3. The number of hydrogen-bond donors (Lipinski definition) is 2. The van der Waals surface area contributed by atoms with Crippen molar-refractivity contribution >= 4 is 11.3 Å². The maximum Gasteiger partial charge on any atom is 0.0302 e. The van der Waals surface area contributed by atoms with Gasteiger partial charge in [0, 0.05) is 17.5 Å². The molecule has 0 bridgehead atoms. The normalized spacial score (nSPS) is 11.2. The molecule has 0 saturated carbocycles. The first-order valence-corrected chi connectivity index (χ1v) is 7.11. The summed E-state index contributed by atoms with van der Waals surface area (Å²) < 4.78 is 0. The molecule has 0 radical (unpaired) electrons. The van der Waals surface area contributed by atoms with Crippen molar-refractivity contribution in [2.75, 3.05) is 13.1 Å². The van der Waals surface area contributed by atoms with Crippen molar-refractivity contribution in [3.05, 3.63) is 21.9 Å². The Hall–Kier alpha value is -0.380. The van der Waals surface area contributed by atoms with Crippen LogP contribution in [0.15, 0.2) is 11.4 Å². The fourth-order valence-electron chi connectivity index (χ4n) is 1.64. The van der Waals surface area contributed by atoms with Gasteiger partial charge in [-0.3, -0.25) is 0 Å². The molecule has 0 aliphatic heterocycles. The molecule has 0 unspecified atom stereocenters. The van der Waals surface area contributed by atoms with Gasteiger partial charge in [-0.1, -0.05) is 20.8 Å². The summed E-state index contributed by atoms with van der Waals surface area (Å²) in [4.78, 5) is 1.50. The Morgan fingerprint density at radius 2 is 2.12 bits per heavy atom. The lowest BCUT2D eigenvalue weighted by Gasteiger charge is -2.08. The molecule has 1 heterocycles. The smallest absolute Gasteiger partial charge is 0.0302 e. The number of thiophene rings is 1. The van der Waals surface area contributed by atoms with Crippen molar-refractivity contribution in [3.8, 4) is 0 Å². The molecule has 0 atom stereocenters. The van der Waals surface area contributed by atoms with Crippen LogP contribution >= 0.6 is 11.3 Å². The first kappa shape index (κ1) is 13.7. The van der Waals surface area contributed by atoms with E-state index in [1.165, 1.54) is 16.9 Å².